The van der Waals surface area contributed by atoms with Gasteiger partial charge in [-0.05, 0) is 24.3 Å². The van der Waals surface area contributed by atoms with E-state index < -0.39 is 0 Å². The van der Waals surface area contributed by atoms with Crippen molar-refractivity contribution in [1.29, 1.82) is 0 Å². The van der Waals surface area contributed by atoms with Gasteiger partial charge in [0.05, 0.1) is 11.3 Å². The summed E-state index contributed by atoms with van der Waals surface area (Å²) in [5.41, 5.74) is 0. The Labute approximate surface area is 154 Å². The van der Waals surface area contributed by atoms with Crippen molar-refractivity contribution < 1.29 is 18.7 Å². The van der Waals surface area contributed by atoms with Gasteiger partial charge in [-0.2, -0.15) is 0 Å². The summed E-state index contributed by atoms with van der Waals surface area (Å²) in [4.78, 5) is 27.8. The number of amides is 2. The predicted octanol–water partition coefficient (Wildman–Crippen LogP) is 2.95. The van der Waals surface area contributed by atoms with Crippen LogP contribution in [0.2, 0.25) is 10.0 Å². The van der Waals surface area contributed by atoms with Crippen LogP contribution in [0.3, 0.4) is 0 Å². The monoisotopic (exact) mass is 382 g/mol. The smallest absolute Gasteiger partial charge is 0.289 e. The van der Waals surface area contributed by atoms with E-state index in [1.165, 1.54) is 6.26 Å². The lowest BCUT2D eigenvalue weighted by Gasteiger charge is -2.34. The van der Waals surface area contributed by atoms with Crippen LogP contribution in [0.25, 0.3) is 0 Å². The molecule has 0 bridgehead atoms. The fourth-order valence-electron chi connectivity index (χ4n) is 2.54. The molecule has 2 heterocycles. The highest BCUT2D eigenvalue weighted by molar-refractivity contribution is 6.42. The molecule has 0 spiro atoms. The van der Waals surface area contributed by atoms with Crippen molar-refractivity contribution in [2.24, 2.45) is 0 Å². The summed E-state index contributed by atoms with van der Waals surface area (Å²) in [6, 6.07) is 8.30. The lowest BCUT2D eigenvalue weighted by molar-refractivity contribution is -0.134. The van der Waals surface area contributed by atoms with Crippen molar-refractivity contribution in [3.63, 3.8) is 0 Å². The quantitative estimate of drug-likeness (QED) is 0.815. The van der Waals surface area contributed by atoms with Crippen LogP contribution in [0.5, 0.6) is 5.75 Å². The highest BCUT2D eigenvalue weighted by atomic mass is 35.5. The van der Waals surface area contributed by atoms with Crippen molar-refractivity contribution in [2.45, 2.75) is 0 Å². The molecule has 1 aromatic heterocycles. The Kier molecular flexibility index (Phi) is 5.50. The molecule has 0 unspecified atom stereocenters. The average Bonchev–Trinajstić information content (AvgIpc) is 3.17. The average molecular weight is 383 g/mol. The number of benzene rings is 1. The van der Waals surface area contributed by atoms with Gasteiger partial charge in [-0.25, -0.2) is 0 Å². The second kappa shape index (κ2) is 7.80. The van der Waals surface area contributed by atoms with Gasteiger partial charge in [0.2, 0.25) is 0 Å². The van der Waals surface area contributed by atoms with E-state index in [0.29, 0.717) is 42.7 Å². The van der Waals surface area contributed by atoms with Gasteiger partial charge in [-0.3, -0.25) is 9.59 Å². The maximum Gasteiger partial charge on any atom is 0.289 e. The van der Waals surface area contributed by atoms with Crippen molar-refractivity contribution in [1.82, 2.24) is 9.80 Å². The molecule has 8 heteroatoms. The number of piperazine rings is 1. The Bertz CT molecular complexity index is 756. The fraction of sp³-hybridized carbons (Fsp3) is 0.294. The SMILES string of the molecule is O=C(COc1cccc(Cl)c1Cl)N1CCN(C(=O)c2ccco2)CC1. The van der Waals surface area contributed by atoms with E-state index in [1.807, 2.05) is 0 Å². The van der Waals surface area contributed by atoms with E-state index in [4.69, 9.17) is 32.4 Å². The first-order valence-electron chi connectivity index (χ1n) is 7.73. The summed E-state index contributed by atoms with van der Waals surface area (Å²) in [7, 11) is 0. The van der Waals surface area contributed by atoms with Crippen molar-refractivity contribution in [2.75, 3.05) is 32.8 Å². The second-order valence-electron chi connectivity index (χ2n) is 5.49. The van der Waals surface area contributed by atoms with Crippen LogP contribution in [0.4, 0.5) is 0 Å². The zero-order valence-electron chi connectivity index (χ0n) is 13.3. The van der Waals surface area contributed by atoms with Crippen LogP contribution in [-0.2, 0) is 4.79 Å². The number of halogens is 2. The lowest BCUT2D eigenvalue weighted by Crippen LogP contribution is -2.51. The van der Waals surface area contributed by atoms with Crippen LogP contribution < -0.4 is 4.74 Å². The van der Waals surface area contributed by atoms with E-state index >= 15 is 0 Å². The predicted molar refractivity (Wildman–Crippen MR) is 93.1 cm³/mol. The first-order valence-corrected chi connectivity index (χ1v) is 8.49. The maximum atomic E-state index is 12.3. The normalized spacial score (nSPS) is 14.5. The van der Waals surface area contributed by atoms with Gasteiger partial charge in [0, 0.05) is 26.2 Å². The van der Waals surface area contributed by atoms with E-state index in [9.17, 15) is 9.59 Å². The molecule has 25 heavy (non-hydrogen) atoms. The number of ether oxygens (including phenoxy) is 1. The van der Waals surface area contributed by atoms with Crippen molar-refractivity contribution in [3.05, 3.63) is 52.4 Å². The maximum absolute atomic E-state index is 12.3. The Hall–Kier alpha value is -2.18. The molecule has 2 amide bonds. The van der Waals surface area contributed by atoms with Gasteiger partial charge in [0.1, 0.15) is 10.8 Å². The van der Waals surface area contributed by atoms with Gasteiger partial charge in [-0.15, -0.1) is 0 Å². The summed E-state index contributed by atoms with van der Waals surface area (Å²) in [6.07, 6.45) is 1.46. The molecule has 0 radical (unpaired) electrons. The molecule has 0 N–H and O–H groups in total. The molecule has 1 aromatic carbocycles. The molecule has 2 aromatic rings. The van der Waals surface area contributed by atoms with E-state index in [0.717, 1.165) is 0 Å². The molecule has 132 valence electrons. The number of carbonyl (C=O) groups is 2. The molecule has 0 saturated carbocycles. The van der Waals surface area contributed by atoms with Crippen LogP contribution in [0, 0.1) is 0 Å². The Morgan fingerprint density at radius 1 is 1.04 bits per heavy atom. The summed E-state index contributed by atoms with van der Waals surface area (Å²) in [5.74, 6) is 0.341. The number of carbonyl (C=O) groups excluding carboxylic acids is 2. The van der Waals surface area contributed by atoms with E-state index in [1.54, 1.807) is 40.1 Å². The highest BCUT2D eigenvalue weighted by Crippen LogP contribution is 2.31. The van der Waals surface area contributed by atoms with Crippen LogP contribution in [0.15, 0.2) is 41.0 Å². The van der Waals surface area contributed by atoms with Crippen LogP contribution in [0.1, 0.15) is 10.6 Å². The fourth-order valence-corrected chi connectivity index (χ4v) is 2.89. The van der Waals surface area contributed by atoms with Crippen LogP contribution >= 0.6 is 23.2 Å². The largest absolute Gasteiger partial charge is 0.482 e. The molecule has 3 rings (SSSR count). The highest BCUT2D eigenvalue weighted by Gasteiger charge is 2.26. The van der Waals surface area contributed by atoms with Crippen molar-refractivity contribution >= 4 is 35.0 Å². The van der Waals surface area contributed by atoms with Gasteiger partial charge in [0.25, 0.3) is 11.8 Å². The minimum atomic E-state index is -0.168. The Morgan fingerprint density at radius 2 is 1.76 bits per heavy atom. The van der Waals surface area contributed by atoms with Crippen LogP contribution in [-0.4, -0.2) is 54.4 Å². The summed E-state index contributed by atoms with van der Waals surface area (Å²) in [5, 5.41) is 0.655. The Morgan fingerprint density at radius 3 is 2.44 bits per heavy atom. The third-order valence-corrected chi connectivity index (χ3v) is 4.72. The number of rotatable bonds is 4. The molecule has 1 fully saturated rings. The molecular formula is C17H16Cl2N2O4. The molecular weight excluding hydrogens is 367 g/mol. The zero-order valence-corrected chi connectivity index (χ0v) is 14.8. The molecule has 1 saturated heterocycles. The van der Waals surface area contributed by atoms with E-state index in [2.05, 4.69) is 0 Å². The van der Waals surface area contributed by atoms with E-state index in [-0.39, 0.29) is 23.4 Å². The van der Waals surface area contributed by atoms with Crippen molar-refractivity contribution in [3.8, 4) is 5.75 Å². The Balaban J connectivity index is 1.50. The number of nitrogens with zero attached hydrogens (tertiary/aromatic N) is 2. The number of hydrogen-bond donors (Lipinski definition) is 0. The van der Waals surface area contributed by atoms with Gasteiger partial charge in [0.15, 0.2) is 12.4 Å². The molecule has 0 aliphatic carbocycles. The third kappa shape index (κ3) is 4.08. The summed E-state index contributed by atoms with van der Waals surface area (Å²) in [6.45, 7) is 1.65. The van der Waals surface area contributed by atoms with Gasteiger partial charge < -0.3 is 19.0 Å². The minimum Gasteiger partial charge on any atom is -0.482 e. The second-order valence-corrected chi connectivity index (χ2v) is 6.28. The first kappa shape index (κ1) is 17.6. The number of furan rings is 1. The topological polar surface area (TPSA) is 63.0 Å². The molecule has 0 atom stereocenters. The summed E-state index contributed by atoms with van der Waals surface area (Å²) < 4.78 is 10.6. The lowest BCUT2D eigenvalue weighted by atomic mass is 10.3. The molecule has 1 aliphatic heterocycles. The number of hydrogen-bond acceptors (Lipinski definition) is 4. The summed E-state index contributed by atoms with van der Waals surface area (Å²) >= 11 is 11.9. The standard InChI is InChI=1S/C17H16Cl2N2O4/c18-12-3-1-4-13(16(12)19)25-11-15(22)20-6-8-21(9-7-20)17(23)14-5-2-10-24-14/h1-5,10H,6-9,11H2. The first-order chi connectivity index (χ1) is 12.1. The zero-order chi connectivity index (χ0) is 17.8. The van der Waals surface area contributed by atoms with Gasteiger partial charge in [-0.1, -0.05) is 29.3 Å². The minimum absolute atomic E-state index is 0.133. The molecule has 1 aliphatic rings. The third-order valence-electron chi connectivity index (χ3n) is 3.92. The van der Waals surface area contributed by atoms with Gasteiger partial charge >= 0.3 is 0 Å². The molecule has 6 nitrogen and oxygen atoms in total.